The van der Waals surface area contributed by atoms with E-state index in [9.17, 15) is 9.59 Å². The summed E-state index contributed by atoms with van der Waals surface area (Å²) in [6.07, 6.45) is 1.93. The van der Waals surface area contributed by atoms with Gasteiger partial charge in [0.1, 0.15) is 11.3 Å². The van der Waals surface area contributed by atoms with Crippen molar-refractivity contribution in [2.24, 2.45) is 0 Å². The monoisotopic (exact) mass is 393 g/mol. The zero-order valence-electron chi connectivity index (χ0n) is 14.7. The fourth-order valence-electron chi connectivity index (χ4n) is 2.29. The molecule has 0 fully saturated rings. The van der Waals surface area contributed by atoms with Crippen LogP contribution in [-0.2, 0) is 9.53 Å². The molecule has 0 aliphatic carbocycles. The smallest absolute Gasteiger partial charge is 0.342 e. The van der Waals surface area contributed by atoms with E-state index in [0.717, 1.165) is 10.5 Å². The summed E-state index contributed by atoms with van der Waals surface area (Å²) in [4.78, 5) is 25.2. The van der Waals surface area contributed by atoms with Crippen LogP contribution >= 0.6 is 23.4 Å². The zero-order chi connectivity index (χ0) is 19.1. The van der Waals surface area contributed by atoms with Gasteiger partial charge in [0.05, 0.1) is 13.2 Å². The van der Waals surface area contributed by atoms with Gasteiger partial charge in [-0.15, -0.1) is 11.8 Å². The van der Waals surface area contributed by atoms with Crippen LogP contribution < -0.4 is 10.1 Å². The molecule has 1 atom stereocenters. The number of benzene rings is 2. The second-order valence-corrected chi connectivity index (χ2v) is 6.80. The third kappa shape index (κ3) is 5.41. The maximum Gasteiger partial charge on any atom is 0.342 e. The number of nitrogens with one attached hydrogen (secondary N) is 1. The van der Waals surface area contributed by atoms with Crippen molar-refractivity contribution < 1.29 is 19.1 Å². The summed E-state index contributed by atoms with van der Waals surface area (Å²) in [5.74, 6) is -0.582. The van der Waals surface area contributed by atoms with E-state index in [2.05, 4.69) is 5.32 Å². The number of thioether (sulfide) groups is 1. The third-order valence-electron chi connectivity index (χ3n) is 3.71. The Labute approximate surface area is 162 Å². The number of halogens is 1. The first-order valence-electron chi connectivity index (χ1n) is 7.88. The lowest BCUT2D eigenvalue weighted by Crippen LogP contribution is -2.31. The van der Waals surface area contributed by atoms with Crippen LogP contribution in [0.25, 0.3) is 0 Å². The van der Waals surface area contributed by atoms with Crippen molar-refractivity contribution in [1.82, 2.24) is 5.32 Å². The summed E-state index contributed by atoms with van der Waals surface area (Å²) < 4.78 is 10.3. The van der Waals surface area contributed by atoms with Crippen molar-refractivity contribution in [2.75, 3.05) is 20.0 Å². The number of ether oxygens (including phenoxy) is 2. The highest BCUT2D eigenvalue weighted by Crippen LogP contribution is 2.26. The van der Waals surface area contributed by atoms with Gasteiger partial charge in [0.15, 0.2) is 6.61 Å². The number of hydrogen-bond acceptors (Lipinski definition) is 5. The van der Waals surface area contributed by atoms with Gasteiger partial charge in [-0.2, -0.15) is 0 Å². The number of esters is 1. The van der Waals surface area contributed by atoms with Crippen LogP contribution in [0.2, 0.25) is 5.02 Å². The molecule has 0 aliphatic rings. The van der Waals surface area contributed by atoms with Crippen LogP contribution in [0, 0.1) is 0 Å². The maximum atomic E-state index is 12.2. The molecule has 0 bridgehead atoms. The Bertz CT molecular complexity index is 780. The van der Waals surface area contributed by atoms with E-state index < -0.39 is 5.97 Å². The van der Waals surface area contributed by atoms with E-state index in [0.29, 0.717) is 10.8 Å². The zero-order valence-corrected chi connectivity index (χ0v) is 16.3. The van der Waals surface area contributed by atoms with E-state index in [1.54, 1.807) is 30.3 Å². The number of hydrogen-bond donors (Lipinski definition) is 1. The minimum atomic E-state index is -0.608. The first-order valence-corrected chi connectivity index (χ1v) is 9.49. The molecule has 0 saturated carbocycles. The van der Waals surface area contributed by atoms with Crippen molar-refractivity contribution in [3.05, 3.63) is 58.6 Å². The molecule has 0 saturated heterocycles. The van der Waals surface area contributed by atoms with Crippen molar-refractivity contribution in [3.63, 3.8) is 0 Å². The van der Waals surface area contributed by atoms with Gasteiger partial charge in [0.25, 0.3) is 5.91 Å². The molecular weight excluding hydrogens is 374 g/mol. The summed E-state index contributed by atoms with van der Waals surface area (Å²) in [5.41, 5.74) is 1.19. The van der Waals surface area contributed by atoms with Gasteiger partial charge in [0.2, 0.25) is 0 Å². The molecule has 26 heavy (non-hydrogen) atoms. The molecular formula is C19H20ClNO4S. The van der Waals surface area contributed by atoms with E-state index >= 15 is 0 Å². The number of amides is 1. The van der Waals surface area contributed by atoms with Gasteiger partial charge in [-0.1, -0.05) is 23.7 Å². The lowest BCUT2D eigenvalue weighted by molar-refractivity contribution is -0.124. The molecule has 2 aromatic rings. The first kappa shape index (κ1) is 20.1. The van der Waals surface area contributed by atoms with Gasteiger partial charge < -0.3 is 14.8 Å². The van der Waals surface area contributed by atoms with E-state index in [4.69, 9.17) is 21.1 Å². The van der Waals surface area contributed by atoms with E-state index in [-0.39, 0.29) is 24.1 Å². The average Bonchev–Trinajstić information content (AvgIpc) is 2.65. The quantitative estimate of drug-likeness (QED) is 0.566. The largest absolute Gasteiger partial charge is 0.496 e. The van der Waals surface area contributed by atoms with Crippen molar-refractivity contribution in [3.8, 4) is 5.75 Å². The highest BCUT2D eigenvalue weighted by molar-refractivity contribution is 7.98. The first-order chi connectivity index (χ1) is 12.4. The molecule has 0 unspecified atom stereocenters. The molecule has 0 radical (unpaired) electrons. The van der Waals surface area contributed by atoms with Crippen LogP contribution in [0.1, 0.15) is 28.9 Å². The Kier molecular flexibility index (Phi) is 7.36. The van der Waals surface area contributed by atoms with Crippen molar-refractivity contribution in [2.45, 2.75) is 17.9 Å². The minimum Gasteiger partial charge on any atom is -0.496 e. The van der Waals surface area contributed by atoms with Crippen LogP contribution in [0.5, 0.6) is 5.75 Å². The van der Waals surface area contributed by atoms with Crippen molar-refractivity contribution in [1.29, 1.82) is 0 Å². The highest BCUT2D eigenvalue weighted by Gasteiger charge is 2.17. The summed E-state index contributed by atoms with van der Waals surface area (Å²) in [6, 6.07) is 12.1. The van der Waals surface area contributed by atoms with E-state index in [1.165, 1.54) is 18.9 Å². The van der Waals surface area contributed by atoms with Gasteiger partial charge >= 0.3 is 5.97 Å². The predicted molar refractivity (Wildman–Crippen MR) is 103 cm³/mol. The normalized spacial score (nSPS) is 11.5. The lowest BCUT2D eigenvalue weighted by atomic mass is 10.1. The highest BCUT2D eigenvalue weighted by atomic mass is 35.5. The fraction of sp³-hybridized carbons (Fsp3) is 0.263. The van der Waals surface area contributed by atoms with Gasteiger partial charge in [-0.25, -0.2) is 4.79 Å². The summed E-state index contributed by atoms with van der Waals surface area (Å²) in [7, 11) is 1.48. The molecule has 0 spiro atoms. The Morgan fingerprint density at radius 1 is 1.19 bits per heavy atom. The van der Waals surface area contributed by atoms with Gasteiger partial charge in [0, 0.05) is 9.92 Å². The van der Waals surface area contributed by atoms with Crippen LogP contribution in [-0.4, -0.2) is 31.8 Å². The second kappa shape index (κ2) is 9.50. The molecule has 0 aliphatic heterocycles. The Morgan fingerprint density at radius 3 is 2.50 bits per heavy atom. The van der Waals surface area contributed by atoms with Crippen LogP contribution in [0.15, 0.2) is 47.4 Å². The van der Waals surface area contributed by atoms with Crippen LogP contribution in [0.3, 0.4) is 0 Å². The summed E-state index contributed by atoms with van der Waals surface area (Å²) in [6.45, 7) is 1.47. The topological polar surface area (TPSA) is 64.6 Å². The fourth-order valence-corrected chi connectivity index (χ4v) is 2.85. The Hall–Kier alpha value is -2.18. The molecule has 7 heteroatoms. The lowest BCUT2D eigenvalue weighted by Gasteiger charge is -2.15. The molecule has 0 heterocycles. The number of carbonyl (C=O) groups excluding carboxylic acids is 2. The molecule has 2 aromatic carbocycles. The molecule has 2 rings (SSSR count). The Balaban J connectivity index is 1.92. The number of rotatable bonds is 7. The predicted octanol–water partition coefficient (Wildman–Crippen LogP) is 4.10. The van der Waals surface area contributed by atoms with Gasteiger partial charge in [-0.3, -0.25) is 4.79 Å². The average molecular weight is 394 g/mol. The molecule has 1 amide bonds. The molecule has 138 valence electrons. The minimum absolute atomic E-state index is 0.228. The molecule has 1 N–H and O–H groups in total. The summed E-state index contributed by atoms with van der Waals surface area (Å²) >= 11 is 7.39. The standard InChI is InChI=1S/C19H20ClNO4S/c1-12(13-4-6-14(20)7-5-13)21-18(22)11-25-19(23)16-9-8-15(26-3)10-17(16)24-2/h4-10,12H,11H2,1-3H3,(H,21,22)/t12-/m0/s1. The maximum absolute atomic E-state index is 12.2. The van der Waals surface area contributed by atoms with Crippen molar-refractivity contribution >= 4 is 35.2 Å². The van der Waals surface area contributed by atoms with Crippen LogP contribution in [0.4, 0.5) is 0 Å². The summed E-state index contributed by atoms with van der Waals surface area (Å²) in [5, 5.41) is 3.40. The SMILES string of the molecule is COc1cc(SC)ccc1C(=O)OCC(=O)N[C@@H](C)c1ccc(Cl)cc1. The third-order valence-corrected chi connectivity index (χ3v) is 4.69. The Morgan fingerprint density at radius 2 is 1.88 bits per heavy atom. The molecule has 0 aromatic heterocycles. The molecule has 5 nitrogen and oxygen atoms in total. The number of methoxy groups -OCH3 is 1. The number of carbonyl (C=O) groups is 2. The van der Waals surface area contributed by atoms with E-state index in [1.807, 2.05) is 25.3 Å². The second-order valence-electron chi connectivity index (χ2n) is 5.48. The van der Waals surface area contributed by atoms with Gasteiger partial charge in [-0.05, 0) is 49.1 Å².